The highest BCUT2D eigenvalue weighted by Gasteiger charge is 2.32. The summed E-state index contributed by atoms with van der Waals surface area (Å²) in [6.07, 6.45) is -3.48. The van der Waals surface area contributed by atoms with Gasteiger partial charge in [-0.05, 0) is 30.3 Å². The van der Waals surface area contributed by atoms with Crippen molar-refractivity contribution in [1.82, 2.24) is 4.98 Å². The number of halogens is 3. The van der Waals surface area contributed by atoms with Crippen LogP contribution >= 0.6 is 0 Å². The number of nitrogens with zero attached hydrogens (tertiary/aromatic N) is 1. The number of aromatic nitrogens is 1. The molecule has 0 spiro atoms. The van der Waals surface area contributed by atoms with Gasteiger partial charge in [-0.1, -0.05) is 0 Å². The number of hydrogen-bond donors (Lipinski definition) is 3. The molecule has 0 aliphatic rings. The van der Waals surface area contributed by atoms with Crippen LogP contribution in [0.2, 0.25) is 0 Å². The van der Waals surface area contributed by atoms with Crippen molar-refractivity contribution in [2.45, 2.75) is 6.18 Å². The number of nitrogens with two attached hydrogens (primary N) is 2. The molecule has 1 aromatic heterocycles. The van der Waals surface area contributed by atoms with Gasteiger partial charge in [0, 0.05) is 5.69 Å². The number of alkyl halides is 3. The van der Waals surface area contributed by atoms with Gasteiger partial charge in [-0.3, -0.25) is 4.79 Å². The first-order valence-corrected chi connectivity index (χ1v) is 5.77. The Hall–Kier alpha value is -2.77. The smallest absolute Gasteiger partial charge is 0.399 e. The predicted octanol–water partition coefficient (Wildman–Crippen LogP) is 2.53. The van der Waals surface area contributed by atoms with Crippen LogP contribution < -0.4 is 16.8 Å². The minimum Gasteiger partial charge on any atom is -0.399 e. The molecule has 2 rings (SSSR count). The van der Waals surface area contributed by atoms with Crippen LogP contribution in [0.4, 0.5) is 30.2 Å². The Morgan fingerprint density at radius 3 is 2.43 bits per heavy atom. The topological polar surface area (TPSA) is 94.0 Å². The fraction of sp³-hybridized carbons (Fsp3) is 0.0769. The van der Waals surface area contributed by atoms with Crippen molar-refractivity contribution in [3.05, 3.63) is 47.8 Å². The zero-order valence-electron chi connectivity index (χ0n) is 10.6. The second-order valence-corrected chi connectivity index (χ2v) is 4.22. The van der Waals surface area contributed by atoms with Crippen molar-refractivity contribution < 1.29 is 18.0 Å². The second kappa shape index (κ2) is 5.31. The molecule has 0 radical (unpaired) electrons. The van der Waals surface area contributed by atoms with Gasteiger partial charge in [0.05, 0.1) is 23.1 Å². The summed E-state index contributed by atoms with van der Waals surface area (Å²) in [4.78, 5) is 14.6. The van der Waals surface area contributed by atoms with Crippen molar-refractivity contribution in [3.63, 3.8) is 0 Å². The van der Waals surface area contributed by atoms with Crippen LogP contribution in [-0.4, -0.2) is 10.9 Å². The largest absolute Gasteiger partial charge is 0.433 e. The van der Waals surface area contributed by atoms with Crippen molar-refractivity contribution in [1.29, 1.82) is 0 Å². The highest BCUT2D eigenvalue weighted by molar-refractivity contribution is 6.00. The van der Waals surface area contributed by atoms with E-state index in [1.54, 1.807) is 0 Å². The van der Waals surface area contributed by atoms with Crippen LogP contribution in [-0.2, 0) is 6.18 Å². The van der Waals surface area contributed by atoms with Gasteiger partial charge in [0.15, 0.2) is 0 Å². The number of pyridine rings is 1. The number of carbonyl (C=O) groups is 1. The number of primary amides is 1. The molecule has 5 nitrogen and oxygen atoms in total. The summed E-state index contributed by atoms with van der Waals surface area (Å²) >= 11 is 0. The summed E-state index contributed by atoms with van der Waals surface area (Å²) in [6.45, 7) is 0. The Labute approximate surface area is 117 Å². The number of anilines is 3. The number of nitrogen functional groups attached to an aromatic ring is 1. The van der Waals surface area contributed by atoms with E-state index in [1.807, 2.05) is 0 Å². The first-order chi connectivity index (χ1) is 9.77. The number of benzene rings is 1. The summed E-state index contributed by atoms with van der Waals surface area (Å²) in [5.74, 6) is -0.704. The molecule has 2 aromatic rings. The lowest BCUT2D eigenvalue weighted by atomic mass is 10.1. The lowest BCUT2D eigenvalue weighted by molar-refractivity contribution is -0.141. The van der Waals surface area contributed by atoms with E-state index in [0.29, 0.717) is 11.4 Å². The molecule has 0 bridgehead atoms. The van der Waals surface area contributed by atoms with Crippen LogP contribution in [0.5, 0.6) is 0 Å². The van der Waals surface area contributed by atoms with E-state index in [-0.39, 0.29) is 11.3 Å². The van der Waals surface area contributed by atoms with E-state index in [1.165, 1.54) is 24.3 Å². The lowest BCUT2D eigenvalue weighted by Crippen LogP contribution is -2.14. The molecule has 0 saturated heterocycles. The molecule has 1 aromatic carbocycles. The third kappa shape index (κ3) is 3.41. The van der Waals surface area contributed by atoms with Crippen LogP contribution in [0.25, 0.3) is 0 Å². The standard InChI is InChI=1S/C13H11F3N4O/c14-13(15,16)11-4-2-8(6-19-11)20-10-3-1-7(17)5-9(10)12(18)21/h1-6,20H,17H2,(H2,18,21). The van der Waals surface area contributed by atoms with Gasteiger partial charge in [-0.15, -0.1) is 0 Å². The maximum absolute atomic E-state index is 12.4. The highest BCUT2D eigenvalue weighted by Crippen LogP contribution is 2.29. The average Bonchev–Trinajstić information content (AvgIpc) is 2.40. The van der Waals surface area contributed by atoms with Crippen LogP contribution in [0.3, 0.4) is 0 Å². The Morgan fingerprint density at radius 2 is 1.90 bits per heavy atom. The predicted molar refractivity (Wildman–Crippen MR) is 71.9 cm³/mol. The SMILES string of the molecule is NC(=O)c1cc(N)ccc1Nc1ccc(C(F)(F)F)nc1. The molecule has 0 aliphatic heterocycles. The van der Waals surface area contributed by atoms with Crippen LogP contribution in [0.1, 0.15) is 16.1 Å². The quantitative estimate of drug-likeness (QED) is 0.759. The normalized spacial score (nSPS) is 11.2. The Balaban J connectivity index is 2.28. The van der Waals surface area contributed by atoms with E-state index in [2.05, 4.69) is 10.3 Å². The van der Waals surface area contributed by atoms with E-state index >= 15 is 0 Å². The van der Waals surface area contributed by atoms with Gasteiger partial charge < -0.3 is 16.8 Å². The summed E-state index contributed by atoms with van der Waals surface area (Å²) in [6, 6.07) is 6.46. The molecule has 1 heterocycles. The van der Waals surface area contributed by atoms with Gasteiger partial charge in [-0.25, -0.2) is 4.98 Å². The zero-order valence-corrected chi connectivity index (χ0v) is 10.6. The summed E-state index contributed by atoms with van der Waals surface area (Å²) in [5.41, 5.74) is 10.9. The Kier molecular flexibility index (Phi) is 3.70. The molecular formula is C13H11F3N4O. The molecule has 0 atom stereocenters. The third-order valence-corrected chi connectivity index (χ3v) is 2.64. The Morgan fingerprint density at radius 1 is 1.19 bits per heavy atom. The van der Waals surface area contributed by atoms with Gasteiger partial charge in [0.25, 0.3) is 5.91 Å². The summed E-state index contributed by atoms with van der Waals surface area (Å²) in [5, 5.41) is 2.77. The van der Waals surface area contributed by atoms with E-state index in [4.69, 9.17) is 11.5 Å². The molecule has 8 heteroatoms. The minimum absolute atomic E-state index is 0.134. The maximum Gasteiger partial charge on any atom is 0.433 e. The molecule has 21 heavy (non-hydrogen) atoms. The molecule has 1 amide bonds. The van der Waals surface area contributed by atoms with Crippen molar-refractivity contribution in [2.24, 2.45) is 5.73 Å². The van der Waals surface area contributed by atoms with E-state index < -0.39 is 17.8 Å². The fourth-order valence-corrected chi connectivity index (χ4v) is 1.67. The van der Waals surface area contributed by atoms with Gasteiger partial charge >= 0.3 is 6.18 Å². The molecule has 0 saturated carbocycles. The van der Waals surface area contributed by atoms with Crippen molar-refractivity contribution in [3.8, 4) is 0 Å². The number of amides is 1. The Bertz CT molecular complexity index is 668. The number of carbonyl (C=O) groups excluding carboxylic acids is 1. The van der Waals surface area contributed by atoms with E-state index in [9.17, 15) is 18.0 Å². The molecule has 110 valence electrons. The number of hydrogen-bond acceptors (Lipinski definition) is 4. The lowest BCUT2D eigenvalue weighted by Gasteiger charge is -2.11. The molecular weight excluding hydrogens is 285 g/mol. The summed E-state index contributed by atoms with van der Waals surface area (Å²) in [7, 11) is 0. The van der Waals surface area contributed by atoms with Crippen LogP contribution in [0.15, 0.2) is 36.5 Å². The zero-order chi connectivity index (χ0) is 15.6. The van der Waals surface area contributed by atoms with Crippen molar-refractivity contribution >= 4 is 23.0 Å². The summed E-state index contributed by atoms with van der Waals surface area (Å²) < 4.78 is 37.2. The highest BCUT2D eigenvalue weighted by atomic mass is 19.4. The molecule has 0 aliphatic carbocycles. The monoisotopic (exact) mass is 296 g/mol. The van der Waals surface area contributed by atoms with E-state index in [0.717, 1.165) is 12.3 Å². The first-order valence-electron chi connectivity index (χ1n) is 5.77. The number of rotatable bonds is 3. The van der Waals surface area contributed by atoms with Crippen LogP contribution in [0, 0.1) is 0 Å². The second-order valence-electron chi connectivity index (χ2n) is 4.22. The third-order valence-electron chi connectivity index (χ3n) is 2.64. The van der Waals surface area contributed by atoms with Gasteiger partial charge in [0.1, 0.15) is 5.69 Å². The van der Waals surface area contributed by atoms with Gasteiger partial charge in [-0.2, -0.15) is 13.2 Å². The number of nitrogens with one attached hydrogen (secondary N) is 1. The molecule has 0 unspecified atom stereocenters. The fourth-order valence-electron chi connectivity index (χ4n) is 1.67. The minimum atomic E-state index is -4.50. The van der Waals surface area contributed by atoms with Crippen molar-refractivity contribution in [2.75, 3.05) is 11.1 Å². The average molecular weight is 296 g/mol. The molecule has 0 fully saturated rings. The molecule has 5 N–H and O–H groups in total. The maximum atomic E-state index is 12.4. The van der Waals surface area contributed by atoms with Gasteiger partial charge in [0.2, 0.25) is 0 Å². The first kappa shape index (κ1) is 14.6.